The molecule has 1 aromatic carbocycles. The number of hydrogen-bond acceptors (Lipinski definition) is 7. The molecule has 4 heterocycles. The summed E-state index contributed by atoms with van der Waals surface area (Å²) in [4.78, 5) is 25.1. The van der Waals surface area contributed by atoms with E-state index < -0.39 is 17.6 Å². The molecule has 0 fully saturated rings. The minimum absolute atomic E-state index is 0.00751. The van der Waals surface area contributed by atoms with E-state index in [0.717, 1.165) is 12.1 Å². The first kappa shape index (κ1) is 22.3. The van der Waals surface area contributed by atoms with Gasteiger partial charge in [-0.25, -0.2) is 4.98 Å². The fourth-order valence-corrected chi connectivity index (χ4v) is 3.50. The molecular weight excluding hydrogens is 465 g/mol. The van der Waals surface area contributed by atoms with Gasteiger partial charge >= 0.3 is 6.18 Å². The summed E-state index contributed by atoms with van der Waals surface area (Å²) in [7, 11) is 0. The normalized spacial score (nSPS) is 11.7. The number of aryl methyl sites for hydroxylation is 1. The third-order valence-electron chi connectivity index (χ3n) is 5.17. The maximum Gasteiger partial charge on any atom is 0.416 e. The number of hydrogen-bond donors (Lipinski definition) is 1. The van der Waals surface area contributed by atoms with Crippen LogP contribution in [0.15, 0.2) is 70.1 Å². The van der Waals surface area contributed by atoms with Crippen LogP contribution in [0.5, 0.6) is 0 Å². The molecule has 0 saturated carbocycles. The lowest BCUT2D eigenvalue weighted by Crippen LogP contribution is -2.16. The van der Waals surface area contributed by atoms with Gasteiger partial charge in [-0.2, -0.15) is 18.2 Å². The number of nitrogens with zero attached hydrogens (tertiary/aromatic N) is 5. The summed E-state index contributed by atoms with van der Waals surface area (Å²) in [5, 5.41) is 6.55. The van der Waals surface area contributed by atoms with Gasteiger partial charge < -0.3 is 13.5 Å². The molecule has 0 aliphatic carbocycles. The van der Waals surface area contributed by atoms with Gasteiger partial charge in [0.25, 0.3) is 0 Å². The molecule has 5 rings (SSSR count). The molecule has 5 aromatic rings. The van der Waals surface area contributed by atoms with Crippen molar-refractivity contribution < 1.29 is 26.9 Å². The van der Waals surface area contributed by atoms with E-state index in [0.29, 0.717) is 22.7 Å². The number of benzene rings is 1. The second-order valence-electron chi connectivity index (χ2n) is 7.60. The molecule has 12 heteroatoms. The predicted octanol–water partition coefficient (Wildman–Crippen LogP) is 4.71. The lowest BCUT2D eigenvalue weighted by Gasteiger charge is -2.09. The highest BCUT2D eigenvalue weighted by Crippen LogP contribution is 2.32. The van der Waals surface area contributed by atoms with Crippen LogP contribution in [0.1, 0.15) is 23.6 Å². The van der Waals surface area contributed by atoms with Crippen LogP contribution in [-0.4, -0.2) is 30.6 Å². The van der Waals surface area contributed by atoms with Crippen LogP contribution in [0.3, 0.4) is 0 Å². The van der Waals surface area contributed by atoms with E-state index >= 15 is 0 Å². The maximum absolute atomic E-state index is 13.2. The highest BCUT2D eigenvalue weighted by molar-refractivity contribution is 5.91. The van der Waals surface area contributed by atoms with Gasteiger partial charge in [0, 0.05) is 30.8 Å². The largest absolute Gasteiger partial charge is 0.467 e. The number of fused-ring (bicyclic) bond motifs is 1. The van der Waals surface area contributed by atoms with Crippen molar-refractivity contribution in [1.29, 1.82) is 0 Å². The lowest BCUT2D eigenvalue weighted by atomic mass is 10.2. The zero-order chi connectivity index (χ0) is 24.4. The van der Waals surface area contributed by atoms with Crippen LogP contribution in [-0.2, 0) is 23.9 Å². The molecular formula is C23H17F3N6O3. The monoisotopic (exact) mass is 482 g/mol. The highest BCUT2D eigenvalue weighted by atomic mass is 19.4. The van der Waals surface area contributed by atoms with Crippen LogP contribution in [0, 0.1) is 0 Å². The van der Waals surface area contributed by atoms with Gasteiger partial charge in [-0.3, -0.25) is 15.1 Å². The first-order valence-corrected chi connectivity index (χ1v) is 10.5. The molecule has 35 heavy (non-hydrogen) atoms. The molecule has 0 saturated heterocycles. The smallest absolute Gasteiger partial charge is 0.416 e. The average molecular weight is 482 g/mol. The third-order valence-corrected chi connectivity index (χ3v) is 5.17. The summed E-state index contributed by atoms with van der Waals surface area (Å²) in [5.41, 5.74) is 0.366. The van der Waals surface area contributed by atoms with Gasteiger partial charge in [0.15, 0.2) is 0 Å². The zero-order valence-electron chi connectivity index (χ0n) is 18.0. The van der Waals surface area contributed by atoms with Gasteiger partial charge in [-0.15, -0.1) is 0 Å². The van der Waals surface area contributed by atoms with E-state index in [-0.39, 0.29) is 36.7 Å². The summed E-state index contributed by atoms with van der Waals surface area (Å²) in [6.45, 7) is 0.169. The molecule has 4 aromatic heterocycles. The molecule has 0 aliphatic heterocycles. The summed E-state index contributed by atoms with van der Waals surface area (Å²) >= 11 is 0. The number of anilines is 1. The molecule has 0 bridgehead atoms. The van der Waals surface area contributed by atoms with Crippen LogP contribution in [0.2, 0.25) is 0 Å². The number of carbonyl (C=O) groups excluding carboxylic acids is 1. The van der Waals surface area contributed by atoms with Crippen LogP contribution in [0.25, 0.3) is 22.4 Å². The predicted molar refractivity (Wildman–Crippen MR) is 117 cm³/mol. The second-order valence-corrected chi connectivity index (χ2v) is 7.60. The number of alkyl halides is 3. The topological polar surface area (TPSA) is 112 Å². The zero-order valence-corrected chi connectivity index (χ0v) is 18.0. The molecule has 1 N–H and O–H groups in total. The average Bonchev–Trinajstić information content (AvgIpc) is 3.59. The second kappa shape index (κ2) is 9.05. The fourth-order valence-electron chi connectivity index (χ4n) is 3.50. The molecule has 0 radical (unpaired) electrons. The quantitative estimate of drug-likeness (QED) is 0.357. The van der Waals surface area contributed by atoms with Crippen LogP contribution < -0.4 is 5.32 Å². The fraction of sp³-hybridized carbons (Fsp3) is 0.174. The number of nitrogens with one attached hydrogen (secondary N) is 1. The van der Waals surface area contributed by atoms with Crippen molar-refractivity contribution in [3.05, 3.63) is 78.3 Å². The van der Waals surface area contributed by atoms with E-state index in [2.05, 4.69) is 25.4 Å². The Morgan fingerprint density at radius 2 is 2.00 bits per heavy atom. The Hall–Kier alpha value is -4.48. The van der Waals surface area contributed by atoms with Gasteiger partial charge in [0.05, 0.1) is 29.4 Å². The summed E-state index contributed by atoms with van der Waals surface area (Å²) in [6.07, 6.45) is 0.342. The van der Waals surface area contributed by atoms with Crippen molar-refractivity contribution in [1.82, 2.24) is 24.7 Å². The van der Waals surface area contributed by atoms with Gasteiger partial charge in [-0.05, 0) is 42.5 Å². The first-order chi connectivity index (χ1) is 16.9. The van der Waals surface area contributed by atoms with Crippen molar-refractivity contribution in [3.8, 4) is 11.4 Å². The van der Waals surface area contributed by atoms with Gasteiger partial charge in [0.2, 0.25) is 23.6 Å². The molecule has 0 atom stereocenters. The van der Waals surface area contributed by atoms with E-state index in [1.807, 2.05) is 0 Å². The highest BCUT2D eigenvalue weighted by Gasteiger charge is 2.31. The molecule has 0 spiro atoms. The number of pyridine rings is 1. The Morgan fingerprint density at radius 1 is 1.11 bits per heavy atom. The Kier molecular flexibility index (Phi) is 5.77. The van der Waals surface area contributed by atoms with E-state index in [1.165, 1.54) is 12.3 Å². The van der Waals surface area contributed by atoms with Crippen molar-refractivity contribution in [2.24, 2.45) is 0 Å². The Labute approximate surface area is 195 Å². The number of imidazole rings is 1. The number of halogens is 3. The van der Waals surface area contributed by atoms with Crippen molar-refractivity contribution >= 4 is 22.9 Å². The van der Waals surface area contributed by atoms with E-state index in [9.17, 15) is 18.0 Å². The lowest BCUT2D eigenvalue weighted by molar-refractivity contribution is -0.137. The van der Waals surface area contributed by atoms with Gasteiger partial charge in [-0.1, -0.05) is 5.16 Å². The Bertz CT molecular complexity index is 1460. The summed E-state index contributed by atoms with van der Waals surface area (Å²) in [5.74, 6) is 0.848. The minimum atomic E-state index is -4.51. The van der Waals surface area contributed by atoms with Crippen LogP contribution >= 0.6 is 0 Å². The first-order valence-electron chi connectivity index (χ1n) is 10.5. The van der Waals surface area contributed by atoms with Crippen molar-refractivity contribution in [2.75, 3.05) is 5.32 Å². The van der Waals surface area contributed by atoms with Crippen molar-refractivity contribution in [3.63, 3.8) is 0 Å². The summed E-state index contributed by atoms with van der Waals surface area (Å²) < 4.78 is 51.6. The van der Waals surface area contributed by atoms with Crippen molar-refractivity contribution in [2.45, 2.75) is 25.6 Å². The Balaban J connectivity index is 1.34. The van der Waals surface area contributed by atoms with E-state index in [4.69, 9.17) is 8.94 Å². The van der Waals surface area contributed by atoms with E-state index in [1.54, 1.807) is 41.2 Å². The molecule has 0 unspecified atom stereocenters. The number of amides is 1. The summed E-state index contributed by atoms with van der Waals surface area (Å²) in [6, 6.07) is 10.2. The minimum Gasteiger partial charge on any atom is -0.467 e. The third kappa shape index (κ3) is 4.90. The van der Waals surface area contributed by atoms with Gasteiger partial charge in [0.1, 0.15) is 5.76 Å². The molecule has 1 amide bonds. The number of aromatic nitrogens is 5. The number of carbonyl (C=O) groups is 1. The maximum atomic E-state index is 13.2. The number of rotatable bonds is 7. The number of furan rings is 1. The molecule has 9 nitrogen and oxygen atoms in total. The SMILES string of the molecule is O=C(CCc1nc(-c2cccnc2)no1)Nc1nc2cc(C(F)(F)F)ccc2n1Cc1ccco1. The van der Waals surface area contributed by atoms with Crippen LogP contribution in [0.4, 0.5) is 19.1 Å². The Morgan fingerprint density at radius 3 is 2.74 bits per heavy atom. The molecule has 0 aliphatic rings. The standard InChI is InChI=1S/C23H17F3N6O3/c24-23(25,26)15-5-6-18-17(11-15)28-22(32(18)13-16-4-2-10-34-16)29-19(33)7-8-20-30-21(31-35-20)14-3-1-9-27-12-14/h1-6,9-12H,7-8,13H2,(H,28,29,33). The molecule has 178 valence electrons.